The summed E-state index contributed by atoms with van der Waals surface area (Å²) in [5.74, 6) is -0.861. The van der Waals surface area contributed by atoms with Crippen LogP contribution in [0.25, 0.3) is 0 Å². The number of carbonyl (C=O) groups is 3. The molecule has 6 nitrogen and oxygen atoms in total. The Labute approximate surface area is 515 Å². The van der Waals surface area contributed by atoms with Gasteiger partial charge < -0.3 is 14.2 Å². The first kappa shape index (κ1) is 79.6. The van der Waals surface area contributed by atoms with Gasteiger partial charge in [0, 0.05) is 19.3 Å². The van der Waals surface area contributed by atoms with E-state index >= 15 is 0 Å². The second-order valence-electron chi connectivity index (χ2n) is 24.1. The van der Waals surface area contributed by atoms with Crippen molar-refractivity contribution < 1.29 is 28.6 Å². The summed E-state index contributed by atoms with van der Waals surface area (Å²) in [6.07, 6.45) is 94.7. The second kappa shape index (κ2) is 71.1. The van der Waals surface area contributed by atoms with Crippen molar-refractivity contribution in [2.45, 2.75) is 374 Å². The average molecular weight is 1160 g/mol. The number of rotatable bonds is 66. The highest BCUT2D eigenvalue weighted by Gasteiger charge is 2.19. The maximum Gasteiger partial charge on any atom is 0.306 e. The molecule has 0 N–H and O–H groups in total. The van der Waals surface area contributed by atoms with Crippen molar-refractivity contribution >= 4 is 17.9 Å². The quantitative estimate of drug-likeness (QED) is 0.0261. The van der Waals surface area contributed by atoms with Gasteiger partial charge in [0.1, 0.15) is 13.2 Å². The molecule has 0 rings (SSSR count). The predicted octanol–water partition coefficient (Wildman–Crippen LogP) is 25.0. The van der Waals surface area contributed by atoms with Crippen LogP contribution in [0.3, 0.4) is 0 Å². The normalized spacial score (nSPS) is 12.6. The molecule has 0 heterocycles. The number of esters is 3. The summed E-state index contributed by atoms with van der Waals surface area (Å²) in [5, 5.41) is 0. The monoisotopic (exact) mass is 1160 g/mol. The van der Waals surface area contributed by atoms with Gasteiger partial charge in [0.15, 0.2) is 6.10 Å². The van der Waals surface area contributed by atoms with Gasteiger partial charge in [-0.25, -0.2) is 0 Å². The Bertz CT molecular complexity index is 1570. The third-order valence-corrected chi connectivity index (χ3v) is 15.9. The summed E-state index contributed by atoms with van der Waals surface area (Å²) >= 11 is 0. The predicted molar refractivity (Wildman–Crippen MR) is 362 cm³/mol. The fourth-order valence-corrected chi connectivity index (χ4v) is 10.5. The molecule has 0 saturated carbocycles. The molecule has 0 fully saturated rings. The molecule has 0 aliphatic carbocycles. The van der Waals surface area contributed by atoms with Gasteiger partial charge in [-0.2, -0.15) is 0 Å². The van der Waals surface area contributed by atoms with E-state index in [4.69, 9.17) is 14.2 Å². The van der Waals surface area contributed by atoms with Crippen molar-refractivity contribution in [3.8, 4) is 0 Å². The van der Waals surface area contributed by atoms with Crippen LogP contribution in [0.5, 0.6) is 0 Å². The molecule has 0 bridgehead atoms. The van der Waals surface area contributed by atoms with Crippen LogP contribution in [0, 0.1) is 0 Å². The van der Waals surface area contributed by atoms with E-state index in [9.17, 15) is 14.4 Å². The molecule has 83 heavy (non-hydrogen) atoms. The lowest BCUT2D eigenvalue weighted by Crippen LogP contribution is -2.30. The maximum absolute atomic E-state index is 12.9. The van der Waals surface area contributed by atoms with Crippen molar-refractivity contribution in [2.75, 3.05) is 13.2 Å². The minimum absolute atomic E-state index is 0.0739. The van der Waals surface area contributed by atoms with Crippen LogP contribution in [-0.4, -0.2) is 37.2 Å². The van der Waals surface area contributed by atoms with Crippen LogP contribution in [-0.2, 0) is 28.6 Å². The molecule has 0 aromatic rings. The Balaban J connectivity index is 4.21. The lowest BCUT2D eigenvalue weighted by atomic mass is 10.0. The minimum Gasteiger partial charge on any atom is -0.462 e. The highest BCUT2D eigenvalue weighted by atomic mass is 16.6. The van der Waals surface area contributed by atoms with Gasteiger partial charge in [-0.3, -0.25) is 14.4 Å². The Hall–Kier alpha value is -3.41. The molecular formula is C77H136O6. The van der Waals surface area contributed by atoms with E-state index in [0.717, 1.165) is 103 Å². The lowest BCUT2D eigenvalue weighted by molar-refractivity contribution is -0.167. The summed E-state index contributed by atoms with van der Waals surface area (Å²) in [4.78, 5) is 38.4. The standard InChI is InChI=1S/C77H136O6/c1-4-7-10-13-16-19-22-25-28-31-32-33-34-35-36-37-38-39-40-41-42-43-44-45-46-47-50-52-55-58-61-64-67-70-76(79)82-73-74(83-77(80)71-68-65-62-59-56-53-49-30-27-24-21-18-15-12-9-6-3)72-81-75(78)69-66-63-60-57-54-51-48-29-26-23-20-17-14-11-8-5-2/h7,10,16,19,25,28,30,32-33,35-36,38-39,49,74H,4-6,8-9,11-15,17-18,20-24,26-27,29,31,34,37,40-48,50-73H2,1-3H3/b10-7-,19-16-,28-25-,33-32-,36-35-,39-38-,49-30-. The fourth-order valence-electron chi connectivity index (χ4n) is 10.5. The van der Waals surface area contributed by atoms with Crippen molar-refractivity contribution in [1.29, 1.82) is 0 Å². The molecule has 0 aromatic heterocycles. The summed E-state index contributed by atoms with van der Waals surface area (Å²) in [5.41, 5.74) is 0. The third kappa shape index (κ3) is 69.3. The zero-order chi connectivity index (χ0) is 59.9. The molecule has 1 unspecified atom stereocenters. The molecule has 6 heteroatoms. The summed E-state index contributed by atoms with van der Waals surface area (Å²) in [7, 11) is 0. The summed E-state index contributed by atoms with van der Waals surface area (Å²) in [6.45, 7) is 6.57. The number of hydrogen-bond donors (Lipinski definition) is 0. The first-order chi connectivity index (χ1) is 41.0. The van der Waals surface area contributed by atoms with Gasteiger partial charge in [0.2, 0.25) is 0 Å². The summed E-state index contributed by atoms with van der Waals surface area (Å²) in [6, 6.07) is 0. The van der Waals surface area contributed by atoms with Crippen LogP contribution in [0.4, 0.5) is 0 Å². The van der Waals surface area contributed by atoms with Crippen molar-refractivity contribution in [1.82, 2.24) is 0 Å². The highest BCUT2D eigenvalue weighted by Crippen LogP contribution is 2.18. The Kier molecular flexibility index (Phi) is 68.2. The highest BCUT2D eigenvalue weighted by molar-refractivity contribution is 5.71. The van der Waals surface area contributed by atoms with Crippen molar-refractivity contribution in [3.63, 3.8) is 0 Å². The fraction of sp³-hybridized carbons (Fsp3) is 0.779. The van der Waals surface area contributed by atoms with Gasteiger partial charge in [-0.05, 0) is 96.3 Å². The third-order valence-electron chi connectivity index (χ3n) is 15.9. The zero-order valence-corrected chi connectivity index (χ0v) is 55.2. The Morgan fingerprint density at radius 2 is 0.470 bits per heavy atom. The van der Waals surface area contributed by atoms with E-state index in [-0.39, 0.29) is 31.1 Å². The molecule has 0 saturated heterocycles. The number of unbranched alkanes of at least 4 members (excludes halogenated alkanes) is 41. The maximum atomic E-state index is 12.9. The minimum atomic E-state index is -0.779. The first-order valence-electron chi connectivity index (χ1n) is 36.1. The second-order valence-corrected chi connectivity index (χ2v) is 24.1. The van der Waals surface area contributed by atoms with Gasteiger partial charge in [0.05, 0.1) is 0 Å². The van der Waals surface area contributed by atoms with Gasteiger partial charge in [0.25, 0.3) is 0 Å². The van der Waals surface area contributed by atoms with Gasteiger partial charge in [-0.1, -0.05) is 337 Å². The number of ether oxygens (including phenoxy) is 3. The molecule has 1 atom stereocenters. The summed E-state index contributed by atoms with van der Waals surface area (Å²) < 4.78 is 17.0. The van der Waals surface area contributed by atoms with Crippen LogP contribution >= 0.6 is 0 Å². The molecule has 0 radical (unpaired) electrons. The van der Waals surface area contributed by atoms with E-state index in [2.05, 4.69) is 106 Å². The molecule has 480 valence electrons. The first-order valence-corrected chi connectivity index (χ1v) is 36.1. The number of allylic oxidation sites excluding steroid dienone is 14. The average Bonchev–Trinajstić information content (AvgIpc) is 3.49. The van der Waals surface area contributed by atoms with Crippen LogP contribution in [0.1, 0.15) is 367 Å². The van der Waals surface area contributed by atoms with Crippen molar-refractivity contribution in [2.24, 2.45) is 0 Å². The smallest absolute Gasteiger partial charge is 0.306 e. The van der Waals surface area contributed by atoms with E-state index in [1.54, 1.807) is 0 Å². The molecule has 0 aliphatic rings. The van der Waals surface area contributed by atoms with E-state index in [1.165, 1.54) is 225 Å². The molecule has 0 aromatic carbocycles. The molecular weight excluding hydrogens is 1020 g/mol. The van der Waals surface area contributed by atoms with Gasteiger partial charge in [-0.15, -0.1) is 0 Å². The number of carbonyl (C=O) groups excluding carboxylic acids is 3. The van der Waals surface area contributed by atoms with E-state index < -0.39 is 6.10 Å². The van der Waals surface area contributed by atoms with Crippen LogP contribution in [0.2, 0.25) is 0 Å². The molecule has 0 aliphatic heterocycles. The van der Waals surface area contributed by atoms with Crippen molar-refractivity contribution in [3.05, 3.63) is 85.1 Å². The van der Waals surface area contributed by atoms with Crippen LogP contribution < -0.4 is 0 Å². The lowest BCUT2D eigenvalue weighted by Gasteiger charge is -2.18. The van der Waals surface area contributed by atoms with E-state index in [0.29, 0.717) is 19.3 Å². The molecule has 0 amide bonds. The van der Waals surface area contributed by atoms with E-state index in [1.807, 2.05) is 0 Å². The molecule has 0 spiro atoms. The van der Waals surface area contributed by atoms with Gasteiger partial charge >= 0.3 is 17.9 Å². The van der Waals surface area contributed by atoms with Crippen LogP contribution in [0.15, 0.2) is 85.1 Å². The largest absolute Gasteiger partial charge is 0.462 e. The Morgan fingerprint density at radius 3 is 0.747 bits per heavy atom. The SMILES string of the molecule is CC/C=C\C/C=C\C/C=C\C/C=C\C/C=C\C/C=C\CCCCCCCCCCCCCCCCC(=O)OCC(COC(=O)CCCCCCCCCCCCCCCCCC)OC(=O)CCCCCCC/C=C\CCCCCCCCC. The topological polar surface area (TPSA) is 78.9 Å². The zero-order valence-electron chi connectivity index (χ0n) is 55.2. The Morgan fingerprint density at radius 1 is 0.253 bits per heavy atom. The number of hydrogen-bond acceptors (Lipinski definition) is 6.